The van der Waals surface area contributed by atoms with Gasteiger partial charge in [-0.2, -0.15) is 0 Å². The molecule has 2 rings (SSSR count). The smallest absolute Gasteiger partial charge is 0.337 e. The maximum absolute atomic E-state index is 13.6. The van der Waals surface area contributed by atoms with E-state index in [9.17, 15) is 9.18 Å². The first-order valence-electron chi connectivity index (χ1n) is 5.45. The second-order valence-electron chi connectivity index (χ2n) is 3.94. The molecule has 0 saturated carbocycles. The standard InChI is InChI=1S/C12H12FN3O3/c1-6-4-16-11(19-6)5-15-10-2-7(12(17)18)9(14)3-8(10)13/h2-4,15H,5,14H2,1H3,(H,17,18). The van der Waals surface area contributed by atoms with Crippen LogP contribution in [0.4, 0.5) is 15.8 Å². The zero-order valence-electron chi connectivity index (χ0n) is 10.1. The number of halogens is 1. The molecule has 1 aromatic heterocycles. The molecule has 0 saturated heterocycles. The highest BCUT2D eigenvalue weighted by molar-refractivity contribution is 5.94. The number of aromatic carboxylic acids is 1. The SMILES string of the molecule is Cc1cnc(CNc2cc(C(=O)O)c(N)cc2F)o1. The van der Waals surface area contributed by atoms with Gasteiger partial charge in [0, 0.05) is 5.69 Å². The molecule has 0 fully saturated rings. The third-order valence-corrected chi connectivity index (χ3v) is 2.47. The lowest BCUT2D eigenvalue weighted by molar-refractivity contribution is 0.0698. The number of hydrogen-bond donors (Lipinski definition) is 3. The van der Waals surface area contributed by atoms with E-state index in [4.69, 9.17) is 15.3 Å². The van der Waals surface area contributed by atoms with E-state index in [-0.39, 0.29) is 23.5 Å². The Balaban J connectivity index is 2.20. The van der Waals surface area contributed by atoms with E-state index < -0.39 is 11.8 Å². The Bertz CT molecular complexity index is 625. The number of anilines is 2. The van der Waals surface area contributed by atoms with Crippen LogP contribution >= 0.6 is 0 Å². The van der Waals surface area contributed by atoms with Crippen molar-refractivity contribution in [1.29, 1.82) is 0 Å². The van der Waals surface area contributed by atoms with Gasteiger partial charge in [0.05, 0.1) is 24.0 Å². The molecule has 1 aromatic carbocycles. The van der Waals surface area contributed by atoms with E-state index in [1.807, 2.05) is 0 Å². The minimum Gasteiger partial charge on any atom is -0.478 e. The van der Waals surface area contributed by atoms with Crippen LogP contribution < -0.4 is 11.1 Å². The molecule has 19 heavy (non-hydrogen) atoms. The molecule has 0 spiro atoms. The van der Waals surface area contributed by atoms with E-state index in [2.05, 4.69) is 10.3 Å². The Morgan fingerprint density at radius 2 is 2.32 bits per heavy atom. The topological polar surface area (TPSA) is 101 Å². The zero-order valence-corrected chi connectivity index (χ0v) is 10.1. The van der Waals surface area contributed by atoms with Crippen LogP contribution in [-0.4, -0.2) is 16.1 Å². The predicted molar refractivity (Wildman–Crippen MR) is 66.3 cm³/mol. The first-order valence-corrected chi connectivity index (χ1v) is 5.45. The number of aryl methyl sites for hydroxylation is 1. The van der Waals surface area contributed by atoms with Gasteiger partial charge in [0.2, 0.25) is 5.89 Å². The lowest BCUT2D eigenvalue weighted by atomic mass is 10.1. The number of aromatic nitrogens is 1. The molecule has 0 atom stereocenters. The second kappa shape index (κ2) is 4.97. The summed E-state index contributed by atoms with van der Waals surface area (Å²) in [4.78, 5) is 14.8. The van der Waals surface area contributed by atoms with E-state index in [1.165, 1.54) is 0 Å². The fourth-order valence-electron chi connectivity index (χ4n) is 1.56. The number of nitrogens with one attached hydrogen (secondary N) is 1. The molecule has 100 valence electrons. The third-order valence-electron chi connectivity index (χ3n) is 2.47. The van der Waals surface area contributed by atoms with Crippen molar-refractivity contribution in [3.05, 3.63) is 41.4 Å². The summed E-state index contributed by atoms with van der Waals surface area (Å²) in [6.07, 6.45) is 1.54. The molecule has 4 N–H and O–H groups in total. The number of nitrogens with two attached hydrogens (primary N) is 1. The van der Waals surface area contributed by atoms with E-state index in [0.717, 1.165) is 12.1 Å². The van der Waals surface area contributed by atoms with E-state index in [1.54, 1.807) is 13.1 Å². The van der Waals surface area contributed by atoms with Crippen molar-refractivity contribution < 1.29 is 18.7 Å². The van der Waals surface area contributed by atoms with Gasteiger partial charge in [-0.1, -0.05) is 0 Å². The van der Waals surface area contributed by atoms with Crippen molar-refractivity contribution >= 4 is 17.3 Å². The summed E-state index contributed by atoms with van der Waals surface area (Å²) in [7, 11) is 0. The summed E-state index contributed by atoms with van der Waals surface area (Å²) in [5.74, 6) is -0.829. The summed E-state index contributed by atoms with van der Waals surface area (Å²) in [6, 6.07) is 2.11. The maximum atomic E-state index is 13.6. The van der Waals surface area contributed by atoms with Gasteiger partial charge in [-0.15, -0.1) is 0 Å². The van der Waals surface area contributed by atoms with E-state index >= 15 is 0 Å². The van der Waals surface area contributed by atoms with Crippen LogP contribution in [0.2, 0.25) is 0 Å². The molecule has 6 nitrogen and oxygen atoms in total. The Hall–Kier alpha value is -2.57. The van der Waals surface area contributed by atoms with Crippen molar-refractivity contribution in [2.45, 2.75) is 13.5 Å². The number of carbonyl (C=O) groups is 1. The molecule has 0 amide bonds. The van der Waals surface area contributed by atoms with Crippen LogP contribution in [0.25, 0.3) is 0 Å². The van der Waals surface area contributed by atoms with Crippen molar-refractivity contribution in [2.24, 2.45) is 0 Å². The molecule has 1 heterocycles. The van der Waals surface area contributed by atoms with Crippen LogP contribution in [0.15, 0.2) is 22.7 Å². The summed E-state index contributed by atoms with van der Waals surface area (Å²) >= 11 is 0. The van der Waals surface area contributed by atoms with Gasteiger partial charge in [0.1, 0.15) is 11.6 Å². The Morgan fingerprint density at radius 3 is 2.89 bits per heavy atom. The number of carboxylic acids is 1. The van der Waals surface area contributed by atoms with Crippen LogP contribution in [-0.2, 0) is 6.54 Å². The molecular weight excluding hydrogens is 253 g/mol. The van der Waals surface area contributed by atoms with Gasteiger partial charge >= 0.3 is 5.97 Å². The molecule has 0 bridgehead atoms. The van der Waals surface area contributed by atoms with Crippen LogP contribution in [0.1, 0.15) is 22.0 Å². The first kappa shape index (κ1) is 12.9. The molecule has 0 unspecified atom stereocenters. The van der Waals surface area contributed by atoms with Gasteiger partial charge in [0.25, 0.3) is 0 Å². The Morgan fingerprint density at radius 1 is 1.58 bits per heavy atom. The largest absolute Gasteiger partial charge is 0.478 e. The lowest BCUT2D eigenvalue weighted by Crippen LogP contribution is -2.07. The lowest BCUT2D eigenvalue weighted by Gasteiger charge is -2.08. The Kier molecular flexibility index (Phi) is 3.37. The number of nitrogen functional groups attached to an aromatic ring is 1. The average Bonchev–Trinajstić information content (AvgIpc) is 2.73. The van der Waals surface area contributed by atoms with Crippen molar-refractivity contribution in [1.82, 2.24) is 4.98 Å². The van der Waals surface area contributed by atoms with Gasteiger partial charge in [-0.05, 0) is 19.1 Å². The number of hydrogen-bond acceptors (Lipinski definition) is 5. The number of carboxylic acid groups (broad SMARTS) is 1. The normalized spacial score (nSPS) is 10.4. The average molecular weight is 265 g/mol. The van der Waals surface area contributed by atoms with Gasteiger partial charge < -0.3 is 20.6 Å². The molecule has 2 aromatic rings. The minimum atomic E-state index is -1.22. The second-order valence-corrected chi connectivity index (χ2v) is 3.94. The van der Waals surface area contributed by atoms with Gasteiger partial charge in [-0.3, -0.25) is 0 Å². The maximum Gasteiger partial charge on any atom is 0.337 e. The van der Waals surface area contributed by atoms with Crippen molar-refractivity contribution in [3.8, 4) is 0 Å². The number of nitrogens with zero attached hydrogens (tertiary/aromatic N) is 1. The third kappa shape index (κ3) is 2.82. The van der Waals surface area contributed by atoms with E-state index in [0.29, 0.717) is 11.7 Å². The van der Waals surface area contributed by atoms with Crippen molar-refractivity contribution in [3.63, 3.8) is 0 Å². The molecule has 0 aliphatic heterocycles. The highest BCUT2D eigenvalue weighted by Gasteiger charge is 2.13. The van der Waals surface area contributed by atoms with Crippen molar-refractivity contribution in [2.75, 3.05) is 11.1 Å². The highest BCUT2D eigenvalue weighted by atomic mass is 19.1. The Labute approximate surface area is 108 Å². The molecule has 7 heteroatoms. The fraction of sp³-hybridized carbons (Fsp3) is 0.167. The number of rotatable bonds is 4. The van der Waals surface area contributed by atoms with Gasteiger partial charge in [0.15, 0.2) is 0 Å². The molecule has 0 radical (unpaired) electrons. The molecular formula is C12H12FN3O3. The number of oxazole rings is 1. The number of benzene rings is 1. The molecule has 0 aliphatic carbocycles. The highest BCUT2D eigenvalue weighted by Crippen LogP contribution is 2.22. The van der Waals surface area contributed by atoms with Crippen LogP contribution in [0.3, 0.4) is 0 Å². The monoisotopic (exact) mass is 265 g/mol. The van der Waals surface area contributed by atoms with Crippen LogP contribution in [0.5, 0.6) is 0 Å². The quantitative estimate of drug-likeness (QED) is 0.731. The zero-order chi connectivity index (χ0) is 14.0. The minimum absolute atomic E-state index is 0.0300. The van der Waals surface area contributed by atoms with Gasteiger partial charge in [-0.25, -0.2) is 14.2 Å². The predicted octanol–water partition coefficient (Wildman–Crippen LogP) is 2.01. The van der Waals surface area contributed by atoms with Crippen LogP contribution in [0, 0.1) is 12.7 Å². The molecule has 0 aliphatic rings. The summed E-state index contributed by atoms with van der Waals surface area (Å²) < 4.78 is 18.8. The summed E-state index contributed by atoms with van der Waals surface area (Å²) in [5, 5.41) is 11.6. The fourth-order valence-corrected chi connectivity index (χ4v) is 1.56. The first-order chi connectivity index (χ1) is 8.97. The summed E-state index contributed by atoms with van der Waals surface area (Å²) in [6.45, 7) is 1.89. The summed E-state index contributed by atoms with van der Waals surface area (Å²) in [5.41, 5.74) is 5.17.